The number of aromatic nitrogens is 3. The molecule has 0 aromatic carbocycles. The molecule has 0 saturated carbocycles. The van der Waals surface area contributed by atoms with Gasteiger partial charge in [0.15, 0.2) is 5.60 Å². The molecule has 0 aliphatic carbocycles. The maximum absolute atomic E-state index is 9.36. The van der Waals surface area contributed by atoms with Crippen molar-refractivity contribution in [2.24, 2.45) is 5.92 Å². The Morgan fingerprint density at radius 2 is 2.04 bits per heavy atom. The summed E-state index contributed by atoms with van der Waals surface area (Å²) in [7, 11) is 1.47. The topological polar surface area (TPSA) is 123 Å². The molecule has 0 amide bonds. The van der Waals surface area contributed by atoms with Gasteiger partial charge in [-0.05, 0) is 23.6 Å². The van der Waals surface area contributed by atoms with E-state index in [2.05, 4.69) is 36.7 Å². The Labute approximate surface area is 164 Å². The summed E-state index contributed by atoms with van der Waals surface area (Å²) >= 11 is 5.81. The van der Waals surface area contributed by atoms with Gasteiger partial charge in [0.2, 0.25) is 5.28 Å². The van der Waals surface area contributed by atoms with Gasteiger partial charge in [-0.3, -0.25) is 4.79 Å². The summed E-state index contributed by atoms with van der Waals surface area (Å²) in [6.45, 7) is 6.51. The third-order valence-electron chi connectivity index (χ3n) is 3.29. The SMILES string of the molecule is C#CC(CO)(CCn1ccc2c(N)nc(Cl)nc21)OC.CC(C)C.O=CO. The zero-order valence-electron chi connectivity index (χ0n) is 16.0. The van der Waals surface area contributed by atoms with Crippen molar-refractivity contribution in [2.45, 2.75) is 39.3 Å². The van der Waals surface area contributed by atoms with Crippen LogP contribution in [0.3, 0.4) is 0 Å². The third kappa shape index (κ3) is 7.83. The van der Waals surface area contributed by atoms with Crippen molar-refractivity contribution in [1.82, 2.24) is 14.5 Å². The normalized spacial score (nSPS) is 12.2. The fraction of sp³-hybridized carbons (Fsp3) is 0.500. The first kappa shape index (κ1) is 24.7. The number of ether oxygens (including phenoxy) is 1. The average molecular weight is 399 g/mol. The van der Waals surface area contributed by atoms with E-state index in [1.165, 1.54) is 7.11 Å². The molecule has 150 valence electrons. The predicted octanol–water partition coefficient (Wildman–Crippen LogP) is 2.43. The highest BCUT2D eigenvalue weighted by atomic mass is 35.5. The van der Waals surface area contributed by atoms with Crippen LogP contribution in [0.4, 0.5) is 5.82 Å². The second kappa shape index (κ2) is 12.1. The van der Waals surface area contributed by atoms with E-state index in [9.17, 15) is 5.11 Å². The first-order valence-corrected chi connectivity index (χ1v) is 8.57. The van der Waals surface area contributed by atoms with Gasteiger partial charge in [-0.1, -0.05) is 26.7 Å². The maximum atomic E-state index is 9.36. The van der Waals surface area contributed by atoms with Gasteiger partial charge in [-0.15, -0.1) is 6.42 Å². The molecular formula is C18H27ClN4O4. The van der Waals surface area contributed by atoms with Crippen molar-refractivity contribution in [3.63, 3.8) is 0 Å². The van der Waals surface area contributed by atoms with Crippen molar-refractivity contribution in [1.29, 1.82) is 0 Å². The number of terminal acetylenes is 1. The molecule has 0 bridgehead atoms. The molecule has 2 aromatic heterocycles. The Morgan fingerprint density at radius 3 is 2.48 bits per heavy atom. The Kier molecular flexibility index (Phi) is 11.1. The number of aryl methyl sites for hydroxylation is 1. The van der Waals surface area contributed by atoms with E-state index >= 15 is 0 Å². The van der Waals surface area contributed by atoms with E-state index in [1.54, 1.807) is 0 Å². The first-order chi connectivity index (χ1) is 12.7. The molecule has 2 heterocycles. The number of anilines is 1. The number of aliphatic hydroxyl groups is 1. The molecule has 2 aromatic rings. The lowest BCUT2D eigenvalue weighted by Gasteiger charge is -2.24. The molecule has 0 fully saturated rings. The van der Waals surface area contributed by atoms with Gasteiger partial charge in [-0.2, -0.15) is 4.98 Å². The summed E-state index contributed by atoms with van der Waals surface area (Å²) in [6.07, 6.45) is 7.67. The zero-order valence-corrected chi connectivity index (χ0v) is 16.8. The second-order valence-electron chi connectivity index (χ2n) is 6.21. The number of carbonyl (C=O) groups is 1. The number of rotatable bonds is 5. The van der Waals surface area contributed by atoms with Crippen molar-refractivity contribution in [2.75, 3.05) is 19.5 Å². The minimum atomic E-state index is -1.00. The molecule has 1 atom stereocenters. The van der Waals surface area contributed by atoms with Gasteiger partial charge in [0.05, 0.1) is 12.0 Å². The van der Waals surface area contributed by atoms with Crippen LogP contribution in [0, 0.1) is 18.3 Å². The van der Waals surface area contributed by atoms with Gasteiger partial charge >= 0.3 is 0 Å². The lowest BCUT2D eigenvalue weighted by Crippen LogP contribution is -2.35. The van der Waals surface area contributed by atoms with Crippen molar-refractivity contribution in [3.05, 3.63) is 17.5 Å². The number of hydrogen-bond donors (Lipinski definition) is 3. The fourth-order valence-electron chi connectivity index (χ4n) is 1.96. The molecule has 27 heavy (non-hydrogen) atoms. The molecule has 1 unspecified atom stereocenters. The first-order valence-electron chi connectivity index (χ1n) is 8.19. The summed E-state index contributed by atoms with van der Waals surface area (Å²) in [5.41, 5.74) is 5.41. The van der Waals surface area contributed by atoms with Gasteiger partial charge in [0.1, 0.15) is 11.5 Å². The Morgan fingerprint density at radius 1 is 1.48 bits per heavy atom. The summed E-state index contributed by atoms with van der Waals surface area (Å²) in [5, 5.41) is 17.1. The van der Waals surface area contributed by atoms with Crippen LogP contribution >= 0.6 is 11.6 Å². The molecule has 8 nitrogen and oxygen atoms in total. The molecule has 2 rings (SSSR count). The molecule has 0 aliphatic rings. The minimum absolute atomic E-state index is 0.0899. The molecule has 0 spiro atoms. The standard InChI is InChI=1S/C13H15ClN4O2.C4H10.CH2O2/c1-3-13(8-19,20-2)5-7-18-6-4-9-10(15)16-12(14)17-11(9)18;1-4(2)3;2-1-3/h1,4,6,19H,5,7-8H2,2H3,(H2,15,16,17);4H,1-3H3;1H,(H,2,3). The molecular weight excluding hydrogens is 372 g/mol. The van der Waals surface area contributed by atoms with Crippen molar-refractivity contribution < 1.29 is 19.7 Å². The fourth-order valence-corrected chi connectivity index (χ4v) is 2.14. The van der Waals surface area contributed by atoms with E-state index in [0.717, 1.165) is 11.3 Å². The number of methoxy groups -OCH3 is 1. The summed E-state index contributed by atoms with van der Waals surface area (Å²) in [4.78, 5) is 16.4. The van der Waals surface area contributed by atoms with Crippen LogP contribution in [-0.2, 0) is 16.1 Å². The average Bonchev–Trinajstić information content (AvgIpc) is 3.00. The minimum Gasteiger partial charge on any atom is -0.483 e. The number of hydrogen-bond acceptors (Lipinski definition) is 6. The van der Waals surface area contributed by atoms with E-state index in [-0.39, 0.29) is 18.4 Å². The van der Waals surface area contributed by atoms with E-state index in [1.807, 2.05) is 16.8 Å². The van der Waals surface area contributed by atoms with E-state index in [0.29, 0.717) is 24.4 Å². The number of nitrogens with zero attached hydrogens (tertiary/aromatic N) is 3. The highest BCUT2D eigenvalue weighted by Gasteiger charge is 2.26. The van der Waals surface area contributed by atoms with E-state index < -0.39 is 5.60 Å². The summed E-state index contributed by atoms with van der Waals surface area (Å²) in [6, 6.07) is 1.81. The molecule has 4 N–H and O–H groups in total. The maximum Gasteiger partial charge on any atom is 0.290 e. The van der Waals surface area contributed by atoms with Crippen molar-refractivity contribution in [3.8, 4) is 12.3 Å². The Hall–Kier alpha value is -2.34. The van der Waals surface area contributed by atoms with Gasteiger partial charge < -0.3 is 25.3 Å². The third-order valence-corrected chi connectivity index (χ3v) is 3.46. The van der Waals surface area contributed by atoms with Crippen LogP contribution in [0.2, 0.25) is 5.28 Å². The highest BCUT2D eigenvalue weighted by molar-refractivity contribution is 6.28. The van der Waals surface area contributed by atoms with E-state index in [4.69, 9.17) is 38.4 Å². The van der Waals surface area contributed by atoms with Crippen LogP contribution in [0.25, 0.3) is 11.0 Å². The Bertz CT molecular complexity index is 749. The second-order valence-corrected chi connectivity index (χ2v) is 6.55. The van der Waals surface area contributed by atoms with Gasteiger partial charge in [0.25, 0.3) is 6.47 Å². The Balaban J connectivity index is 0.000000836. The van der Waals surface area contributed by atoms with Gasteiger partial charge in [0, 0.05) is 26.3 Å². The summed E-state index contributed by atoms with van der Waals surface area (Å²) in [5.74, 6) is 3.64. The number of carboxylic acid groups (broad SMARTS) is 1. The van der Waals surface area contributed by atoms with Crippen molar-refractivity contribution >= 4 is 34.9 Å². The zero-order chi connectivity index (χ0) is 21.0. The van der Waals surface area contributed by atoms with Crippen LogP contribution < -0.4 is 5.73 Å². The number of nitrogens with two attached hydrogens (primary N) is 1. The van der Waals surface area contributed by atoms with Gasteiger partial charge in [-0.25, -0.2) is 4.98 Å². The monoisotopic (exact) mass is 398 g/mol. The molecule has 0 aliphatic heterocycles. The van der Waals surface area contributed by atoms with Crippen LogP contribution in [0.15, 0.2) is 12.3 Å². The lowest BCUT2D eigenvalue weighted by atomic mass is 10.0. The lowest BCUT2D eigenvalue weighted by molar-refractivity contribution is -0.122. The highest BCUT2D eigenvalue weighted by Crippen LogP contribution is 2.22. The predicted molar refractivity (Wildman–Crippen MR) is 106 cm³/mol. The number of halogens is 1. The van der Waals surface area contributed by atoms with Crippen LogP contribution in [0.5, 0.6) is 0 Å². The van der Waals surface area contributed by atoms with Crippen LogP contribution in [0.1, 0.15) is 27.2 Å². The van der Waals surface area contributed by atoms with Crippen LogP contribution in [-0.4, -0.2) is 50.5 Å². The summed E-state index contributed by atoms with van der Waals surface area (Å²) < 4.78 is 7.06. The largest absolute Gasteiger partial charge is 0.483 e. The number of nitrogen functional groups attached to an aromatic ring is 1. The number of fused-ring (bicyclic) bond motifs is 1. The smallest absolute Gasteiger partial charge is 0.290 e. The molecule has 0 radical (unpaired) electrons. The molecule has 9 heteroatoms. The molecule has 0 saturated heterocycles. The quantitative estimate of drug-likeness (QED) is 0.401. The number of aliphatic hydroxyl groups excluding tert-OH is 1.